The largest absolute Gasteiger partial charge is 3.00 e. The first-order valence-corrected chi connectivity index (χ1v) is 11.9. The quantitative estimate of drug-likeness (QED) is 0.559. The molecule has 1 aromatic rings. The van der Waals surface area contributed by atoms with Gasteiger partial charge in [-0.05, 0) is 57.2 Å². The van der Waals surface area contributed by atoms with Crippen LogP contribution in [0, 0.1) is 6.92 Å². The summed E-state index contributed by atoms with van der Waals surface area (Å²) in [5, 5.41) is 1.17. The fourth-order valence-electron chi connectivity index (χ4n) is 4.32. The smallest absolute Gasteiger partial charge is 1.00 e. The maximum atomic E-state index is 12.6. The van der Waals surface area contributed by atoms with Crippen molar-refractivity contribution < 1.29 is 51.3 Å². The van der Waals surface area contributed by atoms with E-state index in [0.717, 1.165) is 12.0 Å². The molecule has 0 atom stereocenters. The van der Waals surface area contributed by atoms with Crippen LogP contribution in [0.15, 0.2) is 18.2 Å². The third kappa shape index (κ3) is 6.11. The van der Waals surface area contributed by atoms with Gasteiger partial charge in [0.05, 0.1) is 14.7 Å². The zero-order valence-electron chi connectivity index (χ0n) is 19.1. The van der Waals surface area contributed by atoms with Crippen LogP contribution >= 0.6 is 0 Å². The van der Waals surface area contributed by atoms with Gasteiger partial charge >= 0.3 is 21.7 Å². The molecule has 29 heavy (non-hydrogen) atoms. The SMILES string of the molecule is Cc1c(C2=CC=CC2)c(C(C)(C)C)c(C([NH-])=O)c([Si](C)C)c1C(C)(C)C.[Cl-].[Cl-].[Ti+3]. The van der Waals surface area contributed by atoms with E-state index in [4.69, 9.17) is 5.73 Å². The number of benzene rings is 1. The number of hydrogen-bond acceptors (Lipinski definition) is 1. The molecule has 0 fully saturated rings. The Morgan fingerprint density at radius 1 is 1.00 bits per heavy atom. The van der Waals surface area contributed by atoms with E-state index < -0.39 is 14.7 Å². The Labute approximate surface area is 206 Å². The summed E-state index contributed by atoms with van der Waals surface area (Å²) >= 11 is 0. The Hall–Kier alpha value is -0.319. The van der Waals surface area contributed by atoms with Gasteiger partial charge in [-0.1, -0.05) is 72.9 Å². The molecule has 2 nitrogen and oxygen atoms in total. The third-order valence-corrected chi connectivity index (χ3v) is 6.57. The van der Waals surface area contributed by atoms with Gasteiger partial charge in [0.2, 0.25) is 0 Å². The van der Waals surface area contributed by atoms with Crippen molar-refractivity contribution in [3.63, 3.8) is 0 Å². The second-order valence-electron chi connectivity index (χ2n) is 9.65. The predicted molar refractivity (Wildman–Crippen MR) is 116 cm³/mol. The average Bonchev–Trinajstić information content (AvgIpc) is 2.96. The van der Waals surface area contributed by atoms with E-state index in [2.05, 4.69) is 79.8 Å². The van der Waals surface area contributed by atoms with E-state index in [1.54, 1.807) is 0 Å². The number of allylic oxidation sites excluding steroid dienone is 4. The van der Waals surface area contributed by atoms with Gasteiger partial charge in [0, 0.05) is 5.56 Å². The molecule has 1 aliphatic rings. The van der Waals surface area contributed by atoms with Crippen LogP contribution in [0.25, 0.3) is 11.3 Å². The van der Waals surface area contributed by atoms with Crippen LogP contribution < -0.4 is 30.0 Å². The van der Waals surface area contributed by atoms with Crippen molar-refractivity contribution in [2.24, 2.45) is 0 Å². The van der Waals surface area contributed by atoms with Crippen molar-refractivity contribution in [3.05, 3.63) is 51.8 Å². The summed E-state index contributed by atoms with van der Waals surface area (Å²) < 4.78 is 0. The third-order valence-electron chi connectivity index (χ3n) is 5.07. The van der Waals surface area contributed by atoms with Gasteiger partial charge in [0.15, 0.2) is 0 Å². The van der Waals surface area contributed by atoms with E-state index in [1.165, 1.54) is 27.5 Å². The Morgan fingerprint density at radius 2 is 1.48 bits per heavy atom. The summed E-state index contributed by atoms with van der Waals surface area (Å²) in [7, 11) is -0.918. The van der Waals surface area contributed by atoms with Crippen molar-refractivity contribution in [2.45, 2.75) is 78.8 Å². The van der Waals surface area contributed by atoms with Crippen molar-refractivity contribution >= 4 is 25.5 Å². The van der Waals surface area contributed by atoms with Crippen LogP contribution in [-0.2, 0) is 32.5 Å². The average molecular weight is 486 g/mol. The van der Waals surface area contributed by atoms with E-state index >= 15 is 0 Å². The summed E-state index contributed by atoms with van der Waals surface area (Å²) in [5.41, 5.74) is 14.7. The minimum Gasteiger partial charge on any atom is -1.00 e. The molecule has 0 unspecified atom stereocenters. The topological polar surface area (TPSA) is 40.9 Å². The summed E-state index contributed by atoms with van der Waals surface area (Å²) in [6, 6.07) is 0. The fraction of sp³-hybridized carbons (Fsp3) is 0.522. The molecule has 2 radical (unpaired) electrons. The van der Waals surface area contributed by atoms with Crippen molar-refractivity contribution in [3.8, 4) is 0 Å². The predicted octanol–water partition coefficient (Wildman–Crippen LogP) is 0.0926. The molecule has 1 N–H and O–H groups in total. The first-order chi connectivity index (χ1) is 11.8. The molecule has 0 aliphatic heterocycles. The summed E-state index contributed by atoms with van der Waals surface area (Å²) in [6.07, 6.45) is 7.34. The number of carbonyl (C=O) groups excluding carboxylic acids is 1. The number of nitrogens with one attached hydrogen (secondary N) is 1. The van der Waals surface area contributed by atoms with Gasteiger partial charge in [-0.25, -0.2) is 0 Å². The van der Waals surface area contributed by atoms with Crippen LogP contribution in [0.3, 0.4) is 0 Å². The van der Waals surface area contributed by atoms with E-state index in [9.17, 15) is 4.79 Å². The van der Waals surface area contributed by atoms with Gasteiger partial charge in [0.25, 0.3) is 0 Å². The van der Waals surface area contributed by atoms with Gasteiger partial charge in [-0.3, -0.25) is 0 Å². The Bertz CT molecular complexity index is 816. The molecule has 0 saturated heterocycles. The molecule has 1 amide bonds. The monoisotopic (exact) mass is 485 g/mol. The number of rotatable bonds is 3. The molecule has 0 heterocycles. The Kier molecular flexibility index (Phi) is 11.5. The minimum absolute atomic E-state index is 0. The van der Waals surface area contributed by atoms with Crippen molar-refractivity contribution in [1.82, 2.24) is 0 Å². The first-order valence-electron chi connectivity index (χ1n) is 9.42. The van der Waals surface area contributed by atoms with Crippen LogP contribution in [0.5, 0.6) is 0 Å². The van der Waals surface area contributed by atoms with Crippen molar-refractivity contribution in [1.29, 1.82) is 0 Å². The van der Waals surface area contributed by atoms with Crippen LogP contribution in [0.2, 0.25) is 13.1 Å². The molecular formula is C23H33Cl2NOSiTi. The summed E-state index contributed by atoms with van der Waals surface area (Å²) in [5.74, 6) is -0.533. The zero-order chi connectivity index (χ0) is 20.0. The standard InChI is InChI=1S/C23H34NOSi.2ClH.Ti/c1-14-16(15-12-10-11-13-15)19(23(5,6)7)17(21(24)25)20(26(8)9)18(14)22(2,3)4;;;/h10-12H,13H2,1-9H3,(H2,24,25);2*1H;/q;;;+3/p-3. The molecule has 0 bridgehead atoms. The second-order valence-corrected chi connectivity index (χ2v) is 12.2. The van der Waals surface area contributed by atoms with Crippen LogP contribution in [-0.4, -0.2) is 14.7 Å². The van der Waals surface area contributed by atoms with Gasteiger partial charge < -0.3 is 35.3 Å². The molecule has 0 saturated carbocycles. The van der Waals surface area contributed by atoms with Gasteiger partial charge in [0.1, 0.15) is 0 Å². The van der Waals surface area contributed by atoms with Crippen LogP contribution in [0.4, 0.5) is 0 Å². The minimum atomic E-state index is -0.918. The maximum Gasteiger partial charge on any atom is 3.00 e. The number of amides is 1. The zero-order valence-corrected chi connectivity index (χ0v) is 23.2. The number of halogens is 2. The molecule has 6 heteroatoms. The Morgan fingerprint density at radius 3 is 1.79 bits per heavy atom. The molecular weight excluding hydrogens is 453 g/mol. The molecule has 2 rings (SSSR count). The second kappa shape index (κ2) is 10.8. The van der Waals surface area contributed by atoms with E-state index in [0.29, 0.717) is 5.56 Å². The summed E-state index contributed by atoms with van der Waals surface area (Å²) in [4.78, 5) is 12.6. The Balaban J connectivity index is 0. The van der Waals surface area contributed by atoms with Gasteiger partial charge in [-0.2, -0.15) is 0 Å². The van der Waals surface area contributed by atoms with Crippen molar-refractivity contribution in [2.75, 3.05) is 0 Å². The number of carbonyl (C=O) groups is 1. The molecule has 1 aromatic carbocycles. The molecule has 1 aliphatic carbocycles. The maximum absolute atomic E-state index is 12.6. The van der Waals surface area contributed by atoms with Crippen LogP contribution in [0.1, 0.15) is 80.6 Å². The summed E-state index contributed by atoms with van der Waals surface area (Å²) in [6.45, 7) is 19.9. The normalized spacial score (nSPS) is 13.4. The molecule has 0 spiro atoms. The first kappa shape index (κ1) is 30.9. The van der Waals surface area contributed by atoms with E-state index in [-0.39, 0.29) is 57.4 Å². The molecule has 0 aromatic heterocycles. The molecule has 158 valence electrons. The van der Waals surface area contributed by atoms with E-state index in [1.807, 2.05) is 0 Å². The van der Waals surface area contributed by atoms with Gasteiger partial charge in [-0.15, -0.1) is 0 Å². The number of hydrogen-bond donors (Lipinski definition) is 0. The fourth-order valence-corrected chi connectivity index (χ4v) is 6.12.